The second-order valence-corrected chi connectivity index (χ2v) is 4.46. The fourth-order valence-electron chi connectivity index (χ4n) is 1.84. The van der Waals surface area contributed by atoms with Gasteiger partial charge in [0.25, 0.3) is 5.91 Å². The number of aromatic nitrogens is 2. The van der Waals surface area contributed by atoms with E-state index in [4.69, 9.17) is 0 Å². The molecule has 0 atom stereocenters. The van der Waals surface area contributed by atoms with Crippen molar-refractivity contribution in [2.45, 2.75) is 13.5 Å². The second-order valence-electron chi connectivity index (χ2n) is 4.46. The average molecular weight is 258 g/mol. The highest BCUT2D eigenvalue weighted by molar-refractivity contribution is 5.95. The van der Waals surface area contributed by atoms with Crippen LogP contribution in [0.3, 0.4) is 0 Å². The molecule has 2 N–H and O–H groups in total. The third-order valence-electron chi connectivity index (χ3n) is 3.10. The molecule has 5 nitrogen and oxygen atoms in total. The van der Waals surface area contributed by atoms with Crippen LogP contribution in [0.2, 0.25) is 0 Å². The quantitative estimate of drug-likeness (QED) is 0.877. The summed E-state index contributed by atoms with van der Waals surface area (Å²) in [6.45, 7) is 2.69. The summed E-state index contributed by atoms with van der Waals surface area (Å²) in [7, 11) is 3.59. The van der Waals surface area contributed by atoms with Crippen molar-refractivity contribution in [1.29, 1.82) is 0 Å². The van der Waals surface area contributed by atoms with E-state index in [1.54, 1.807) is 13.4 Å². The smallest absolute Gasteiger partial charge is 0.251 e. The Kier molecular flexibility index (Phi) is 3.85. The van der Waals surface area contributed by atoms with Crippen LogP contribution in [0.25, 0.3) is 0 Å². The van der Waals surface area contributed by atoms with Gasteiger partial charge in [-0.15, -0.1) is 0 Å². The lowest BCUT2D eigenvalue weighted by atomic mass is 10.1. The second kappa shape index (κ2) is 5.56. The molecule has 0 fully saturated rings. The molecule has 1 aromatic carbocycles. The summed E-state index contributed by atoms with van der Waals surface area (Å²) in [5.41, 5.74) is 3.81. The van der Waals surface area contributed by atoms with E-state index in [2.05, 4.69) is 15.6 Å². The Labute approximate surface area is 112 Å². The molecule has 1 heterocycles. The van der Waals surface area contributed by atoms with E-state index >= 15 is 0 Å². The van der Waals surface area contributed by atoms with Gasteiger partial charge in [-0.3, -0.25) is 4.79 Å². The summed E-state index contributed by atoms with van der Waals surface area (Å²) in [5, 5.41) is 5.96. The Hall–Kier alpha value is -2.30. The van der Waals surface area contributed by atoms with Crippen LogP contribution in [0.15, 0.2) is 30.7 Å². The highest BCUT2D eigenvalue weighted by atomic mass is 16.1. The first-order valence-electron chi connectivity index (χ1n) is 6.13. The maximum absolute atomic E-state index is 11.6. The molecule has 0 aliphatic carbocycles. The van der Waals surface area contributed by atoms with E-state index in [0.717, 1.165) is 16.9 Å². The Bertz CT molecular complexity index is 589. The van der Waals surface area contributed by atoms with E-state index in [9.17, 15) is 4.79 Å². The topological polar surface area (TPSA) is 59.0 Å². The van der Waals surface area contributed by atoms with Crippen LogP contribution in [-0.2, 0) is 13.6 Å². The number of rotatable bonds is 4. The first kappa shape index (κ1) is 13.1. The van der Waals surface area contributed by atoms with Crippen molar-refractivity contribution < 1.29 is 4.79 Å². The van der Waals surface area contributed by atoms with Gasteiger partial charge in [-0.2, -0.15) is 0 Å². The predicted molar refractivity (Wildman–Crippen MR) is 75.1 cm³/mol. The zero-order valence-electron chi connectivity index (χ0n) is 11.4. The van der Waals surface area contributed by atoms with Crippen molar-refractivity contribution in [1.82, 2.24) is 14.9 Å². The van der Waals surface area contributed by atoms with E-state index in [1.165, 1.54) is 0 Å². The largest absolute Gasteiger partial charge is 0.379 e. The molecular weight excluding hydrogens is 240 g/mol. The Morgan fingerprint density at radius 2 is 2.21 bits per heavy atom. The third-order valence-corrected chi connectivity index (χ3v) is 3.10. The molecule has 0 saturated heterocycles. The lowest BCUT2D eigenvalue weighted by Gasteiger charge is -2.11. The molecule has 19 heavy (non-hydrogen) atoms. The van der Waals surface area contributed by atoms with Gasteiger partial charge in [0.15, 0.2) is 0 Å². The van der Waals surface area contributed by atoms with Gasteiger partial charge in [0.1, 0.15) is 0 Å². The van der Waals surface area contributed by atoms with Crippen LogP contribution < -0.4 is 10.6 Å². The third kappa shape index (κ3) is 2.93. The van der Waals surface area contributed by atoms with Crippen molar-refractivity contribution in [3.63, 3.8) is 0 Å². The molecule has 0 aliphatic heterocycles. The zero-order valence-corrected chi connectivity index (χ0v) is 11.4. The number of nitrogens with one attached hydrogen (secondary N) is 2. The highest BCUT2D eigenvalue weighted by Crippen LogP contribution is 2.17. The van der Waals surface area contributed by atoms with Gasteiger partial charge in [-0.25, -0.2) is 4.98 Å². The first-order valence-corrected chi connectivity index (χ1v) is 6.13. The van der Waals surface area contributed by atoms with Crippen LogP contribution in [-0.4, -0.2) is 22.5 Å². The minimum absolute atomic E-state index is 0.0800. The van der Waals surface area contributed by atoms with Crippen LogP contribution in [0.1, 0.15) is 21.6 Å². The van der Waals surface area contributed by atoms with Gasteiger partial charge in [0, 0.05) is 31.5 Å². The minimum atomic E-state index is -0.0800. The van der Waals surface area contributed by atoms with Gasteiger partial charge in [-0.1, -0.05) is 6.07 Å². The maximum Gasteiger partial charge on any atom is 0.251 e. The van der Waals surface area contributed by atoms with Gasteiger partial charge < -0.3 is 15.2 Å². The summed E-state index contributed by atoms with van der Waals surface area (Å²) >= 11 is 0. The molecule has 1 amide bonds. The molecule has 100 valence electrons. The lowest BCUT2D eigenvalue weighted by Crippen LogP contribution is -2.18. The number of hydrogen-bond donors (Lipinski definition) is 2. The zero-order chi connectivity index (χ0) is 13.8. The van der Waals surface area contributed by atoms with E-state index < -0.39 is 0 Å². The summed E-state index contributed by atoms with van der Waals surface area (Å²) in [6.07, 6.45) is 3.59. The highest BCUT2D eigenvalue weighted by Gasteiger charge is 2.06. The van der Waals surface area contributed by atoms with Gasteiger partial charge in [0.05, 0.1) is 18.6 Å². The van der Waals surface area contributed by atoms with Crippen molar-refractivity contribution in [3.05, 3.63) is 47.5 Å². The van der Waals surface area contributed by atoms with Crippen molar-refractivity contribution >= 4 is 11.6 Å². The Morgan fingerprint density at radius 1 is 1.42 bits per heavy atom. The minimum Gasteiger partial charge on any atom is -0.379 e. The Balaban J connectivity index is 2.15. The van der Waals surface area contributed by atoms with Crippen LogP contribution >= 0.6 is 0 Å². The van der Waals surface area contributed by atoms with E-state index in [-0.39, 0.29) is 5.91 Å². The summed E-state index contributed by atoms with van der Waals surface area (Å²) in [4.78, 5) is 15.7. The number of carbonyl (C=O) groups is 1. The molecule has 1 aromatic heterocycles. The number of anilines is 1. The number of amides is 1. The molecular formula is C14H18N4O. The number of carbonyl (C=O) groups excluding carboxylic acids is 1. The summed E-state index contributed by atoms with van der Waals surface area (Å²) < 4.78 is 1.96. The normalized spacial score (nSPS) is 10.3. The molecule has 0 unspecified atom stereocenters. The molecule has 0 radical (unpaired) electrons. The number of nitrogens with zero attached hydrogens (tertiary/aromatic N) is 2. The van der Waals surface area contributed by atoms with Crippen LogP contribution in [0.5, 0.6) is 0 Å². The van der Waals surface area contributed by atoms with Crippen LogP contribution in [0.4, 0.5) is 5.69 Å². The van der Waals surface area contributed by atoms with Gasteiger partial charge in [-0.05, 0) is 24.6 Å². The summed E-state index contributed by atoms with van der Waals surface area (Å²) in [6, 6.07) is 5.63. The Morgan fingerprint density at radius 3 is 2.84 bits per heavy atom. The molecule has 2 aromatic rings. The number of aryl methyl sites for hydroxylation is 2. The molecule has 0 bridgehead atoms. The fraction of sp³-hybridized carbons (Fsp3) is 0.286. The first-order chi connectivity index (χ1) is 9.11. The standard InChI is InChI=1S/C14H18N4O/c1-10-4-5-11(14(19)15-2)6-13(10)17-8-12-7-16-9-18(12)3/h4-7,9,17H,8H2,1-3H3,(H,15,19). The van der Waals surface area contributed by atoms with Crippen molar-refractivity contribution in [2.75, 3.05) is 12.4 Å². The molecule has 0 aliphatic rings. The van der Waals surface area contributed by atoms with Crippen molar-refractivity contribution in [3.8, 4) is 0 Å². The van der Waals surface area contributed by atoms with E-state index in [0.29, 0.717) is 12.1 Å². The molecule has 0 saturated carbocycles. The molecule has 5 heteroatoms. The maximum atomic E-state index is 11.6. The summed E-state index contributed by atoms with van der Waals surface area (Å²) in [5.74, 6) is -0.0800. The molecule has 2 rings (SSSR count). The lowest BCUT2D eigenvalue weighted by molar-refractivity contribution is 0.0963. The van der Waals surface area contributed by atoms with Gasteiger partial charge >= 0.3 is 0 Å². The average Bonchev–Trinajstić information content (AvgIpc) is 2.82. The monoisotopic (exact) mass is 258 g/mol. The SMILES string of the molecule is CNC(=O)c1ccc(C)c(NCc2cncn2C)c1. The number of benzene rings is 1. The number of imidazole rings is 1. The predicted octanol–water partition coefficient (Wildman–Crippen LogP) is 1.70. The van der Waals surface area contributed by atoms with Gasteiger partial charge in [0.2, 0.25) is 0 Å². The van der Waals surface area contributed by atoms with Crippen LogP contribution in [0, 0.1) is 6.92 Å². The van der Waals surface area contributed by atoms with E-state index in [1.807, 2.05) is 42.9 Å². The fourth-order valence-corrected chi connectivity index (χ4v) is 1.84. The van der Waals surface area contributed by atoms with Crippen molar-refractivity contribution in [2.24, 2.45) is 7.05 Å². The molecule has 0 spiro atoms. The number of hydrogen-bond acceptors (Lipinski definition) is 3.